The standard InChI is InChI=1S/C22H25F3N8O2/c1-4-35-19-10-14(9-18(28-19)22(23,24)25)27-21(34)26-11-15-8-13(2)20(30-29-15)33-7-5-6-16-17(33)12-32(3)31-16/h8-10,12H,4-7,11H2,1-3H3,(H2,26,27,28,34). The number of alkyl halides is 3. The van der Waals surface area contributed by atoms with Crippen LogP contribution < -0.4 is 20.3 Å². The molecule has 1 aliphatic heterocycles. The van der Waals surface area contributed by atoms with E-state index in [2.05, 4.69) is 35.8 Å². The lowest BCUT2D eigenvalue weighted by Gasteiger charge is -2.27. The fourth-order valence-electron chi connectivity index (χ4n) is 3.85. The number of anilines is 3. The average Bonchev–Trinajstić information content (AvgIpc) is 3.18. The highest BCUT2D eigenvalue weighted by Crippen LogP contribution is 2.33. The van der Waals surface area contributed by atoms with Gasteiger partial charge in [0.05, 0.1) is 30.2 Å². The summed E-state index contributed by atoms with van der Waals surface area (Å²) in [5, 5.41) is 18.0. The quantitative estimate of drug-likeness (QED) is 0.542. The minimum absolute atomic E-state index is 0.0353. The van der Waals surface area contributed by atoms with Crippen LogP contribution in [-0.2, 0) is 26.2 Å². The predicted octanol–water partition coefficient (Wildman–Crippen LogP) is 3.74. The zero-order chi connectivity index (χ0) is 25.2. The van der Waals surface area contributed by atoms with Crippen molar-refractivity contribution in [2.24, 2.45) is 7.05 Å². The Morgan fingerprint density at radius 3 is 2.74 bits per heavy atom. The molecule has 10 nitrogen and oxygen atoms in total. The Kier molecular flexibility index (Phi) is 6.76. The molecule has 35 heavy (non-hydrogen) atoms. The summed E-state index contributed by atoms with van der Waals surface area (Å²) in [6, 6.07) is 3.08. The number of ether oxygens (including phenoxy) is 1. The molecule has 2 N–H and O–H groups in total. The van der Waals surface area contributed by atoms with Gasteiger partial charge in [-0.1, -0.05) is 0 Å². The number of urea groups is 1. The van der Waals surface area contributed by atoms with Gasteiger partial charge in [-0.05, 0) is 44.4 Å². The number of nitrogens with one attached hydrogen (secondary N) is 2. The van der Waals surface area contributed by atoms with Crippen molar-refractivity contribution < 1.29 is 22.7 Å². The van der Waals surface area contributed by atoms with Crippen LogP contribution in [0.15, 0.2) is 24.4 Å². The Bertz CT molecular complexity index is 1230. The molecule has 0 fully saturated rings. The summed E-state index contributed by atoms with van der Waals surface area (Å²) in [4.78, 5) is 17.8. The molecule has 3 aromatic heterocycles. The van der Waals surface area contributed by atoms with E-state index in [1.54, 1.807) is 11.6 Å². The monoisotopic (exact) mass is 490 g/mol. The maximum absolute atomic E-state index is 13.1. The molecule has 0 aromatic carbocycles. The first-order chi connectivity index (χ1) is 16.6. The van der Waals surface area contributed by atoms with Gasteiger partial charge in [-0.3, -0.25) is 4.68 Å². The Balaban J connectivity index is 1.42. The molecule has 3 aromatic rings. The normalized spacial score (nSPS) is 13.4. The highest BCUT2D eigenvalue weighted by molar-refractivity contribution is 5.89. The van der Waals surface area contributed by atoms with Crippen LogP contribution >= 0.6 is 0 Å². The fourth-order valence-corrected chi connectivity index (χ4v) is 3.85. The molecular formula is C22H25F3N8O2. The summed E-state index contributed by atoms with van der Waals surface area (Å²) in [5.74, 6) is 0.483. The molecule has 0 aliphatic carbocycles. The summed E-state index contributed by atoms with van der Waals surface area (Å²) in [6.07, 6.45) is -0.871. The highest BCUT2D eigenvalue weighted by atomic mass is 19.4. The van der Waals surface area contributed by atoms with Crippen LogP contribution in [0.4, 0.5) is 35.2 Å². The number of amides is 2. The smallest absolute Gasteiger partial charge is 0.433 e. The molecule has 0 bridgehead atoms. The molecular weight excluding hydrogens is 465 g/mol. The maximum Gasteiger partial charge on any atom is 0.433 e. The van der Waals surface area contributed by atoms with E-state index >= 15 is 0 Å². The lowest BCUT2D eigenvalue weighted by atomic mass is 10.1. The van der Waals surface area contributed by atoms with Gasteiger partial charge in [-0.2, -0.15) is 23.4 Å². The van der Waals surface area contributed by atoms with Crippen molar-refractivity contribution in [2.45, 2.75) is 39.4 Å². The molecule has 4 heterocycles. The number of hydrogen-bond acceptors (Lipinski definition) is 7. The number of aromatic nitrogens is 5. The maximum atomic E-state index is 13.1. The van der Waals surface area contributed by atoms with E-state index in [4.69, 9.17) is 4.74 Å². The van der Waals surface area contributed by atoms with Gasteiger partial charge in [0.2, 0.25) is 5.88 Å². The molecule has 4 rings (SSSR count). The van der Waals surface area contributed by atoms with Crippen molar-refractivity contribution in [1.82, 2.24) is 30.3 Å². The molecule has 0 saturated heterocycles. The highest BCUT2D eigenvalue weighted by Gasteiger charge is 2.33. The van der Waals surface area contributed by atoms with Gasteiger partial charge in [0.25, 0.3) is 0 Å². The van der Waals surface area contributed by atoms with Crippen LogP contribution in [0.3, 0.4) is 0 Å². The zero-order valence-electron chi connectivity index (χ0n) is 19.5. The molecule has 1 aliphatic rings. The van der Waals surface area contributed by atoms with Crippen LogP contribution in [-0.4, -0.2) is 44.1 Å². The minimum Gasteiger partial charge on any atom is -0.478 e. The van der Waals surface area contributed by atoms with Crippen LogP contribution in [0, 0.1) is 6.92 Å². The van der Waals surface area contributed by atoms with Gasteiger partial charge in [-0.15, -0.1) is 5.10 Å². The number of hydrogen-bond donors (Lipinski definition) is 2. The van der Waals surface area contributed by atoms with Gasteiger partial charge >= 0.3 is 12.2 Å². The van der Waals surface area contributed by atoms with Crippen molar-refractivity contribution in [2.75, 3.05) is 23.4 Å². The number of rotatable bonds is 6. The van der Waals surface area contributed by atoms with Gasteiger partial charge in [0.15, 0.2) is 11.5 Å². The van der Waals surface area contributed by atoms with Crippen molar-refractivity contribution in [3.8, 4) is 5.88 Å². The summed E-state index contributed by atoms with van der Waals surface area (Å²) in [7, 11) is 1.88. The van der Waals surface area contributed by atoms with E-state index in [9.17, 15) is 18.0 Å². The third-order valence-electron chi connectivity index (χ3n) is 5.31. The van der Waals surface area contributed by atoms with Crippen molar-refractivity contribution in [1.29, 1.82) is 0 Å². The van der Waals surface area contributed by atoms with E-state index in [1.165, 1.54) is 6.07 Å². The Morgan fingerprint density at radius 1 is 1.23 bits per heavy atom. The third-order valence-corrected chi connectivity index (χ3v) is 5.31. The molecule has 2 amide bonds. The van der Waals surface area contributed by atoms with E-state index in [1.807, 2.05) is 26.2 Å². The third kappa shape index (κ3) is 5.61. The lowest BCUT2D eigenvalue weighted by Crippen LogP contribution is -2.29. The van der Waals surface area contributed by atoms with Crippen LogP contribution in [0.5, 0.6) is 5.88 Å². The topological polar surface area (TPSA) is 110 Å². The van der Waals surface area contributed by atoms with E-state index in [0.29, 0.717) is 11.5 Å². The number of carbonyl (C=O) groups is 1. The van der Waals surface area contributed by atoms with Crippen molar-refractivity contribution >= 4 is 23.2 Å². The number of nitrogens with zero attached hydrogens (tertiary/aromatic N) is 6. The summed E-state index contributed by atoms with van der Waals surface area (Å²) in [5.41, 5.74) is 2.14. The minimum atomic E-state index is -4.68. The second-order valence-electron chi connectivity index (χ2n) is 8.05. The number of fused-ring (bicyclic) bond motifs is 1. The van der Waals surface area contributed by atoms with Crippen molar-refractivity contribution in [3.05, 3.63) is 47.0 Å². The van der Waals surface area contributed by atoms with Gasteiger partial charge < -0.3 is 20.3 Å². The first-order valence-corrected chi connectivity index (χ1v) is 11.0. The second-order valence-corrected chi connectivity index (χ2v) is 8.05. The predicted molar refractivity (Wildman–Crippen MR) is 122 cm³/mol. The zero-order valence-corrected chi connectivity index (χ0v) is 19.5. The SMILES string of the molecule is CCOc1cc(NC(=O)NCc2cc(C)c(N3CCCc4nn(C)cc43)nn2)cc(C(F)(F)F)n1. The second kappa shape index (κ2) is 9.76. The molecule has 186 valence electrons. The van der Waals surface area contributed by atoms with Crippen LogP contribution in [0.2, 0.25) is 0 Å². The molecule has 13 heteroatoms. The van der Waals surface area contributed by atoms with Crippen LogP contribution in [0.1, 0.15) is 36.0 Å². The van der Waals surface area contributed by atoms with Crippen LogP contribution in [0.25, 0.3) is 0 Å². The number of pyridine rings is 1. The van der Waals surface area contributed by atoms with E-state index in [0.717, 1.165) is 42.4 Å². The Morgan fingerprint density at radius 2 is 2.03 bits per heavy atom. The number of aryl methyl sites for hydroxylation is 3. The first-order valence-electron chi connectivity index (χ1n) is 11.0. The molecule has 0 saturated carbocycles. The number of carbonyl (C=O) groups excluding carboxylic acids is 1. The van der Waals surface area contributed by atoms with E-state index < -0.39 is 17.9 Å². The van der Waals surface area contributed by atoms with E-state index in [-0.39, 0.29) is 24.7 Å². The average molecular weight is 490 g/mol. The summed E-state index contributed by atoms with van der Waals surface area (Å²) >= 11 is 0. The molecule has 0 unspecified atom stereocenters. The molecule has 0 spiro atoms. The Labute approximate surface area is 199 Å². The molecule has 0 atom stereocenters. The van der Waals surface area contributed by atoms with Gasteiger partial charge in [0.1, 0.15) is 0 Å². The fraction of sp³-hybridized carbons (Fsp3) is 0.409. The van der Waals surface area contributed by atoms with Gasteiger partial charge in [0, 0.05) is 31.5 Å². The Hall–Kier alpha value is -3.90. The van der Waals surface area contributed by atoms with Crippen molar-refractivity contribution in [3.63, 3.8) is 0 Å². The first kappa shape index (κ1) is 24.2. The summed E-state index contributed by atoms with van der Waals surface area (Å²) < 4.78 is 46.2. The largest absolute Gasteiger partial charge is 0.478 e. The molecule has 0 radical (unpaired) electrons. The van der Waals surface area contributed by atoms with Gasteiger partial charge in [-0.25, -0.2) is 9.78 Å². The number of halogens is 3. The summed E-state index contributed by atoms with van der Waals surface area (Å²) in [6.45, 7) is 4.49. The lowest BCUT2D eigenvalue weighted by molar-refractivity contribution is -0.141.